The highest BCUT2D eigenvalue weighted by Gasteiger charge is 2.26. The summed E-state index contributed by atoms with van der Waals surface area (Å²) >= 11 is 6.57. The van der Waals surface area contributed by atoms with E-state index in [1.165, 1.54) is 24.5 Å². The third-order valence-electron chi connectivity index (χ3n) is 8.21. The van der Waals surface area contributed by atoms with E-state index in [1.807, 2.05) is 0 Å². The molecule has 0 spiro atoms. The standard InChI is InChI=1S/C32H31ClF2N8O4/c33-24-17-21(1-2-22(24)31(44)42-12-10-41(11-13-42)14-16-47-32(45)20-5-7-37-18-20)40-29-30-39-19-25(43(30)9-8-38-29)23-3-4-26(46-15-6-36)28(35)27(23)34/h1-4,8-9,17,19-20,37H,5,7,10-16,18H2,(H,38,40). The van der Waals surface area contributed by atoms with Crippen molar-refractivity contribution in [2.24, 2.45) is 5.92 Å². The van der Waals surface area contributed by atoms with Gasteiger partial charge in [0.15, 0.2) is 29.6 Å². The Labute approximate surface area is 273 Å². The van der Waals surface area contributed by atoms with Crippen LogP contribution in [0.3, 0.4) is 0 Å². The summed E-state index contributed by atoms with van der Waals surface area (Å²) in [5.74, 6) is -2.79. The number of rotatable bonds is 10. The molecule has 0 bridgehead atoms. The predicted molar refractivity (Wildman–Crippen MR) is 168 cm³/mol. The maximum absolute atomic E-state index is 15.0. The monoisotopic (exact) mass is 664 g/mol. The van der Waals surface area contributed by atoms with Crippen LogP contribution in [-0.2, 0) is 9.53 Å². The molecule has 2 fully saturated rings. The molecule has 0 saturated carbocycles. The van der Waals surface area contributed by atoms with Gasteiger partial charge in [-0.3, -0.25) is 18.9 Å². The van der Waals surface area contributed by atoms with Crippen LogP contribution in [0.2, 0.25) is 5.02 Å². The van der Waals surface area contributed by atoms with Crippen molar-refractivity contribution in [3.8, 4) is 23.1 Å². The zero-order valence-electron chi connectivity index (χ0n) is 25.2. The first-order valence-corrected chi connectivity index (χ1v) is 15.5. The zero-order valence-corrected chi connectivity index (χ0v) is 26.0. The molecule has 1 unspecified atom stereocenters. The second-order valence-corrected chi connectivity index (χ2v) is 11.5. The number of hydrogen-bond donors (Lipinski definition) is 2. The summed E-state index contributed by atoms with van der Waals surface area (Å²) in [6, 6.07) is 9.28. The summed E-state index contributed by atoms with van der Waals surface area (Å²) in [5.41, 5.74) is 1.46. The largest absolute Gasteiger partial charge is 0.476 e. The van der Waals surface area contributed by atoms with E-state index in [1.54, 1.807) is 39.8 Å². The van der Waals surface area contributed by atoms with E-state index in [4.69, 9.17) is 26.3 Å². The minimum Gasteiger partial charge on any atom is -0.476 e. The highest BCUT2D eigenvalue weighted by atomic mass is 35.5. The van der Waals surface area contributed by atoms with Crippen molar-refractivity contribution in [2.45, 2.75) is 6.42 Å². The Hall–Kier alpha value is -4.84. The van der Waals surface area contributed by atoms with E-state index in [0.29, 0.717) is 68.6 Å². The van der Waals surface area contributed by atoms with Crippen molar-refractivity contribution in [3.05, 3.63) is 71.1 Å². The lowest BCUT2D eigenvalue weighted by Crippen LogP contribution is -2.49. The number of fused-ring (bicyclic) bond motifs is 1. The Morgan fingerprint density at radius 3 is 2.70 bits per heavy atom. The van der Waals surface area contributed by atoms with Crippen molar-refractivity contribution in [1.29, 1.82) is 5.26 Å². The predicted octanol–water partition coefficient (Wildman–Crippen LogP) is 3.88. The Kier molecular flexibility index (Phi) is 9.76. The molecule has 2 aliphatic heterocycles. The first-order chi connectivity index (χ1) is 22.8. The van der Waals surface area contributed by atoms with Crippen LogP contribution in [0.4, 0.5) is 20.3 Å². The zero-order chi connectivity index (χ0) is 32.9. The van der Waals surface area contributed by atoms with Crippen LogP contribution >= 0.6 is 11.6 Å². The number of carbonyl (C=O) groups is 2. The van der Waals surface area contributed by atoms with Crippen LogP contribution in [0.1, 0.15) is 16.8 Å². The van der Waals surface area contributed by atoms with Gasteiger partial charge in [0.05, 0.1) is 28.4 Å². The molecule has 0 radical (unpaired) electrons. The molecule has 15 heteroatoms. The highest BCUT2D eigenvalue weighted by Crippen LogP contribution is 2.32. The lowest BCUT2D eigenvalue weighted by Gasteiger charge is -2.34. The normalized spacial score (nSPS) is 16.6. The molecule has 2 aromatic carbocycles. The average Bonchev–Trinajstić information content (AvgIpc) is 3.77. The number of imidazole rings is 1. The van der Waals surface area contributed by atoms with E-state index in [0.717, 1.165) is 13.0 Å². The Morgan fingerprint density at radius 2 is 1.96 bits per heavy atom. The van der Waals surface area contributed by atoms with Crippen molar-refractivity contribution in [3.63, 3.8) is 0 Å². The van der Waals surface area contributed by atoms with Gasteiger partial charge in [-0.15, -0.1) is 0 Å². The van der Waals surface area contributed by atoms with Crippen molar-refractivity contribution < 1.29 is 27.8 Å². The van der Waals surface area contributed by atoms with Gasteiger partial charge in [0.1, 0.15) is 12.7 Å². The number of hydrogen-bond acceptors (Lipinski definition) is 10. The summed E-state index contributed by atoms with van der Waals surface area (Å²) in [5, 5.41) is 15.2. The second-order valence-electron chi connectivity index (χ2n) is 11.1. The van der Waals surface area contributed by atoms with Crippen molar-refractivity contribution in [2.75, 3.05) is 64.3 Å². The Balaban J connectivity index is 1.08. The van der Waals surface area contributed by atoms with Crippen molar-refractivity contribution in [1.82, 2.24) is 29.5 Å². The van der Waals surface area contributed by atoms with Crippen LogP contribution in [0.25, 0.3) is 16.9 Å². The fraction of sp³-hybridized carbons (Fsp3) is 0.344. The molecule has 2 N–H and O–H groups in total. The number of anilines is 2. The van der Waals surface area contributed by atoms with Crippen LogP contribution in [-0.4, -0.2) is 95.1 Å². The van der Waals surface area contributed by atoms with Gasteiger partial charge in [-0.05, 0) is 43.3 Å². The summed E-state index contributed by atoms with van der Waals surface area (Å²) in [6.07, 6.45) is 5.25. The van der Waals surface area contributed by atoms with Gasteiger partial charge >= 0.3 is 5.97 Å². The summed E-state index contributed by atoms with van der Waals surface area (Å²) in [6.45, 7) is 4.38. The van der Waals surface area contributed by atoms with Gasteiger partial charge in [0.25, 0.3) is 5.91 Å². The fourth-order valence-corrected chi connectivity index (χ4v) is 5.92. The lowest BCUT2D eigenvalue weighted by molar-refractivity contribution is -0.148. The molecule has 2 aliphatic rings. The van der Waals surface area contributed by atoms with E-state index < -0.39 is 18.2 Å². The minimum absolute atomic E-state index is 0.0521. The van der Waals surface area contributed by atoms with Gasteiger partial charge in [0.2, 0.25) is 5.82 Å². The molecule has 2 saturated heterocycles. The summed E-state index contributed by atoms with van der Waals surface area (Å²) < 4.78 is 41.5. The number of piperazine rings is 1. The summed E-state index contributed by atoms with van der Waals surface area (Å²) in [4.78, 5) is 38.1. The average molecular weight is 665 g/mol. The maximum atomic E-state index is 15.0. The smallest absolute Gasteiger partial charge is 0.310 e. The third kappa shape index (κ3) is 6.97. The molecule has 12 nitrogen and oxygen atoms in total. The van der Waals surface area contributed by atoms with Gasteiger partial charge in [-0.1, -0.05) is 11.6 Å². The molecule has 4 heterocycles. The van der Waals surface area contributed by atoms with E-state index in [2.05, 4.69) is 25.5 Å². The fourth-order valence-electron chi connectivity index (χ4n) is 5.65. The van der Waals surface area contributed by atoms with Gasteiger partial charge in [0, 0.05) is 62.9 Å². The molecule has 1 amide bonds. The Morgan fingerprint density at radius 1 is 1.13 bits per heavy atom. The number of benzene rings is 2. The number of esters is 1. The molecule has 0 aliphatic carbocycles. The molecule has 244 valence electrons. The molecular weight excluding hydrogens is 634 g/mol. The van der Waals surface area contributed by atoms with E-state index >= 15 is 0 Å². The Bertz CT molecular complexity index is 1830. The first-order valence-electron chi connectivity index (χ1n) is 15.1. The third-order valence-corrected chi connectivity index (χ3v) is 8.52. The van der Waals surface area contributed by atoms with Gasteiger partial charge < -0.3 is 25.0 Å². The maximum Gasteiger partial charge on any atom is 0.310 e. The quantitative estimate of drug-likeness (QED) is 0.240. The second kappa shape index (κ2) is 14.3. The van der Waals surface area contributed by atoms with Gasteiger partial charge in [-0.25, -0.2) is 14.4 Å². The molecule has 2 aromatic heterocycles. The van der Waals surface area contributed by atoms with Crippen LogP contribution in [0, 0.1) is 28.9 Å². The number of aromatic nitrogens is 3. The number of nitrogens with one attached hydrogen (secondary N) is 2. The number of carbonyl (C=O) groups excluding carboxylic acids is 2. The van der Waals surface area contributed by atoms with E-state index in [9.17, 15) is 18.4 Å². The van der Waals surface area contributed by atoms with Crippen LogP contribution < -0.4 is 15.4 Å². The number of nitriles is 1. The molecule has 6 rings (SSSR count). The van der Waals surface area contributed by atoms with E-state index in [-0.39, 0.29) is 39.8 Å². The number of amides is 1. The van der Waals surface area contributed by atoms with Crippen LogP contribution in [0.15, 0.2) is 48.9 Å². The van der Waals surface area contributed by atoms with Gasteiger partial charge in [-0.2, -0.15) is 9.65 Å². The molecule has 47 heavy (non-hydrogen) atoms. The SMILES string of the molecule is N#CCOc1ccc(-c2cnc3c(Nc4ccc(C(=O)N5CCN(CCOC(=O)C6CCNC6)CC5)c(Cl)c4)nccn23)c(F)c1F. The first kappa shape index (κ1) is 32.1. The minimum atomic E-state index is -1.21. The highest BCUT2D eigenvalue weighted by molar-refractivity contribution is 6.34. The van der Waals surface area contributed by atoms with Crippen molar-refractivity contribution >= 4 is 40.6 Å². The van der Waals surface area contributed by atoms with Crippen LogP contribution in [0.5, 0.6) is 5.75 Å². The number of ether oxygens (including phenoxy) is 2. The number of halogens is 3. The summed E-state index contributed by atoms with van der Waals surface area (Å²) in [7, 11) is 0. The number of nitrogens with zero attached hydrogens (tertiary/aromatic N) is 6. The topological polar surface area (TPSA) is 137 Å². The lowest BCUT2D eigenvalue weighted by atomic mass is 10.1. The molecular formula is C32H31ClF2N8O4. The molecule has 1 atom stereocenters. The molecule has 4 aromatic rings.